The third kappa shape index (κ3) is 3.20. The Morgan fingerprint density at radius 3 is 2.47 bits per heavy atom. The molecule has 0 aromatic carbocycles. The van der Waals surface area contributed by atoms with Crippen LogP contribution in [0, 0.1) is 5.92 Å². The van der Waals surface area contributed by atoms with Crippen molar-refractivity contribution >= 4 is 5.97 Å². The van der Waals surface area contributed by atoms with Crippen molar-refractivity contribution in [1.29, 1.82) is 0 Å². The van der Waals surface area contributed by atoms with Crippen molar-refractivity contribution in [2.45, 2.75) is 57.5 Å². The first-order chi connectivity index (χ1) is 7.20. The van der Waals surface area contributed by atoms with E-state index < -0.39 is 5.97 Å². The van der Waals surface area contributed by atoms with Gasteiger partial charge in [0.1, 0.15) is 0 Å². The van der Waals surface area contributed by atoms with Gasteiger partial charge in [-0.2, -0.15) is 0 Å². The van der Waals surface area contributed by atoms with Crippen LogP contribution in [0.1, 0.15) is 45.4 Å². The van der Waals surface area contributed by atoms with Gasteiger partial charge < -0.3 is 5.11 Å². The molecule has 0 spiro atoms. The molecule has 0 saturated heterocycles. The quantitative estimate of drug-likeness (QED) is 0.701. The van der Waals surface area contributed by atoms with Crippen LogP contribution in [-0.4, -0.2) is 34.6 Å². The van der Waals surface area contributed by atoms with Crippen LogP contribution in [0.2, 0.25) is 0 Å². The normalized spacial score (nSPS) is 23.1. The lowest BCUT2D eigenvalue weighted by molar-refractivity contribution is -0.138. The van der Waals surface area contributed by atoms with Crippen LogP contribution in [0.25, 0.3) is 0 Å². The number of hydrogen-bond acceptors (Lipinski definition) is 2. The number of nitrogens with zero attached hydrogens (tertiary/aromatic N) is 1. The molecule has 0 bridgehead atoms. The number of hydrogen-bond donors (Lipinski definition) is 1. The van der Waals surface area contributed by atoms with E-state index in [1.807, 2.05) is 0 Å². The maximum Gasteiger partial charge on any atom is 0.304 e. The molecule has 0 aromatic heterocycles. The zero-order valence-electron chi connectivity index (χ0n) is 9.48. The largest absolute Gasteiger partial charge is 0.481 e. The van der Waals surface area contributed by atoms with Gasteiger partial charge in [0.25, 0.3) is 0 Å². The summed E-state index contributed by atoms with van der Waals surface area (Å²) < 4.78 is 0. The summed E-state index contributed by atoms with van der Waals surface area (Å²) in [6, 6.07) is 0.977. The molecule has 2 aliphatic rings. The molecule has 86 valence electrons. The SMILES string of the molecule is CCC(CC(=O)O)N(CC1CC1)C1CC1. The van der Waals surface area contributed by atoms with Gasteiger partial charge in [0.05, 0.1) is 6.42 Å². The van der Waals surface area contributed by atoms with Gasteiger partial charge in [-0.15, -0.1) is 0 Å². The average molecular weight is 211 g/mol. The molecule has 1 unspecified atom stereocenters. The first-order valence-electron chi connectivity index (χ1n) is 6.18. The molecule has 1 atom stereocenters. The summed E-state index contributed by atoms with van der Waals surface area (Å²) in [5, 5.41) is 8.89. The zero-order chi connectivity index (χ0) is 10.8. The van der Waals surface area contributed by atoms with Gasteiger partial charge in [0.15, 0.2) is 0 Å². The fraction of sp³-hybridized carbons (Fsp3) is 0.917. The number of carbonyl (C=O) groups is 1. The summed E-state index contributed by atoms with van der Waals surface area (Å²) in [5.41, 5.74) is 0. The van der Waals surface area contributed by atoms with Crippen LogP contribution in [0.15, 0.2) is 0 Å². The number of aliphatic carboxylic acids is 1. The van der Waals surface area contributed by atoms with E-state index >= 15 is 0 Å². The molecule has 0 amide bonds. The average Bonchev–Trinajstić information content (AvgIpc) is 3.00. The molecule has 2 saturated carbocycles. The number of carboxylic acid groups (broad SMARTS) is 1. The molecule has 2 fully saturated rings. The summed E-state index contributed by atoms with van der Waals surface area (Å²) in [6.07, 6.45) is 6.56. The van der Waals surface area contributed by atoms with Crippen molar-refractivity contribution in [2.24, 2.45) is 5.92 Å². The van der Waals surface area contributed by atoms with Crippen molar-refractivity contribution in [2.75, 3.05) is 6.54 Å². The monoisotopic (exact) mass is 211 g/mol. The highest BCUT2D eigenvalue weighted by Gasteiger charge is 2.37. The Bertz CT molecular complexity index is 234. The van der Waals surface area contributed by atoms with Crippen LogP contribution in [-0.2, 0) is 4.79 Å². The number of carboxylic acids is 1. The molecule has 3 nitrogen and oxygen atoms in total. The van der Waals surface area contributed by atoms with Gasteiger partial charge in [0.2, 0.25) is 0 Å². The Hall–Kier alpha value is -0.570. The predicted molar refractivity (Wildman–Crippen MR) is 58.8 cm³/mol. The van der Waals surface area contributed by atoms with Gasteiger partial charge in [0, 0.05) is 18.6 Å². The van der Waals surface area contributed by atoms with E-state index in [0.29, 0.717) is 12.5 Å². The maximum absolute atomic E-state index is 10.8. The van der Waals surface area contributed by atoms with E-state index in [9.17, 15) is 4.79 Å². The Morgan fingerprint density at radius 1 is 1.40 bits per heavy atom. The van der Waals surface area contributed by atoms with Gasteiger partial charge in [-0.3, -0.25) is 9.69 Å². The van der Waals surface area contributed by atoms with E-state index in [0.717, 1.165) is 18.9 Å². The van der Waals surface area contributed by atoms with Crippen molar-refractivity contribution in [1.82, 2.24) is 4.90 Å². The van der Waals surface area contributed by atoms with E-state index in [1.165, 1.54) is 25.7 Å². The zero-order valence-corrected chi connectivity index (χ0v) is 9.48. The van der Waals surface area contributed by atoms with Gasteiger partial charge in [-0.1, -0.05) is 6.92 Å². The Morgan fingerprint density at radius 2 is 2.07 bits per heavy atom. The highest BCUT2D eigenvalue weighted by atomic mass is 16.4. The maximum atomic E-state index is 10.8. The van der Waals surface area contributed by atoms with Crippen LogP contribution in [0.4, 0.5) is 0 Å². The fourth-order valence-corrected chi connectivity index (χ4v) is 2.30. The van der Waals surface area contributed by atoms with Crippen molar-refractivity contribution in [3.8, 4) is 0 Å². The molecule has 0 heterocycles. The first-order valence-corrected chi connectivity index (χ1v) is 6.18. The third-order valence-corrected chi connectivity index (χ3v) is 3.53. The second-order valence-electron chi connectivity index (χ2n) is 5.03. The topological polar surface area (TPSA) is 40.5 Å². The molecule has 3 heteroatoms. The van der Waals surface area contributed by atoms with Crippen LogP contribution in [0.3, 0.4) is 0 Å². The van der Waals surface area contributed by atoms with Gasteiger partial charge in [-0.25, -0.2) is 0 Å². The first kappa shape index (κ1) is 10.9. The van der Waals surface area contributed by atoms with E-state index in [2.05, 4.69) is 11.8 Å². The van der Waals surface area contributed by atoms with Crippen LogP contribution in [0.5, 0.6) is 0 Å². The predicted octanol–water partition coefficient (Wildman–Crippen LogP) is 2.11. The highest BCUT2D eigenvalue weighted by Crippen LogP contribution is 2.36. The van der Waals surface area contributed by atoms with Crippen molar-refractivity contribution in [3.05, 3.63) is 0 Å². The fourth-order valence-electron chi connectivity index (χ4n) is 2.30. The Balaban J connectivity index is 1.89. The van der Waals surface area contributed by atoms with Crippen molar-refractivity contribution in [3.63, 3.8) is 0 Å². The minimum Gasteiger partial charge on any atom is -0.481 e. The minimum atomic E-state index is -0.650. The lowest BCUT2D eigenvalue weighted by atomic mass is 10.1. The van der Waals surface area contributed by atoms with Crippen molar-refractivity contribution < 1.29 is 9.90 Å². The lowest BCUT2D eigenvalue weighted by Crippen LogP contribution is -2.39. The molecular weight excluding hydrogens is 190 g/mol. The van der Waals surface area contributed by atoms with E-state index in [1.54, 1.807) is 0 Å². The molecular formula is C12H21NO2. The van der Waals surface area contributed by atoms with Gasteiger partial charge >= 0.3 is 5.97 Å². The standard InChI is InChI=1S/C12H21NO2/c1-2-10(7-12(14)15)13(11-5-6-11)8-9-3-4-9/h9-11H,2-8H2,1H3,(H,14,15). The Kier molecular flexibility index (Phi) is 3.29. The summed E-state index contributed by atoms with van der Waals surface area (Å²) in [4.78, 5) is 13.3. The Labute approximate surface area is 91.5 Å². The third-order valence-electron chi connectivity index (χ3n) is 3.53. The number of rotatable bonds is 7. The van der Waals surface area contributed by atoms with Gasteiger partial charge in [-0.05, 0) is 38.0 Å². The molecule has 2 aliphatic carbocycles. The minimum absolute atomic E-state index is 0.274. The summed E-state index contributed by atoms with van der Waals surface area (Å²) in [5.74, 6) is 0.219. The van der Waals surface area contributed by atoms with E-state index in [4.69, 9.17) is 5.11 Å². The summed E-state index contributed by atoms with van der Waals surface area (Å²) >= 11 is 0. The van der Waals surface area contributed by atoms with Crippen LogP contribution >= 0.6 is 0 Å². The molecule has 0 aliphatic heterocycles. The smallest absolute Gasteiger partial charge is 0.304 e. The molecule has 15 heavy (non-hydrogen) atoms. The molecule has 1 N–H and O–H groups in total. The summed E-state index contributed by atoms with van der Waals surface area (Å²) in [6.45, 7) is 3.26. The van der Waals surface area contributed by atoms with Crippen LogP contribution < -0.4 is 0 Å². The molecule has 0 aromatic rings. The lowest BCUT2D eigenvalue weighted by Gasteiger charge is -2.30. The highest BCUT2D eigenvalue weighted by molar-refractivity contribution is 5.67. The summed E-state index contributed by atoms with van der Waals surface area (Å²) in [7, 11) is 0. The van der Waals surface area contributed by atoms with E-state index in [-0.39, 0.29) is 6.04 Å². The second kappa shape index (κ2) is 4.52. The molecule has 0 radical (unpaired) electrons. The molecule has 2 rings (SSSR count). The second-order valence-corrected chi connectivity index (χ2v) is 5.03.